The molecule has 0 radical (unpaired) electrons. The van der Waals surface area contributed by atoms with Crippen LogP contribution in [0.25, 0.3) is 0 Å². The lowest BCUT2D eigenvalue weighted by Crippen LogP contribution is -2.28. The SMILES string of the molecule is CNc1cncc(OC2CCC(C)C(C)C2)c1. The van der Waals surface area contributed by atoms with Gasteiger partial charge in [0.15, 0.2) is 0 Å². The summed E-state index contributed by atoms with van der Waals surface area (Å²) in [6.45, 7) is 4.66. The maximum atomic E-state index is 6.01. The van der Waals surface area contributed by atoms with Gasteiger partial charge in [-0.3, -0.25) is 4.98 Å². The summed E-state index contributed by atoms with van der Waals surface area (Å²) < 4.78 is 6.01. The molecule has 0 bridgehead atoms. The Kier molecular flexibility index (Phi) is 3.87. The molecule has 1 aromatic heterocycles. The summed E-state index contributed by atoms with van der Waals surface area (Å²) in [5.74, 6) is 2.47. The van der Waals surface area contributed by atoms with E-state index in [0.29, 0.717) is 6.10 Å². The molecule has 1 aliphatic rings. The van der Waals surface area contributed by atoms with Crippen molar-refractivity contribution in [1.29, 1.82) is 0 Å². The highest BCUT2D eigenvalue weighted by atomic mass is 16.5. The molecule has 0 aromatic carbocycles. The first-order valence-corrected chi connectivity index (χ1v) is 6.48. The van der Waals surface area contributed by atoms with Crippen LogP contribution in [0.5, 0.6) is 5.75 Å². The average Bonchev–Trinajstić information content (AvgIpc) is 2.34. The number of pyridine rings is 1. The van der Waals surface area contributed by atoms with E-state index in [2.05, 4.69) is 24.1 Å². The fourth-order valence-electron chi connectivity index (χ4n) is 2.42. The quantitative estimate of drug-likeness (QED) is 0.871. The second kappa shape index (κ2) is 5.39. The fraction of sp³-hybridized carbons (Fsp3) is 0.643. The smallest absolute Gasteiger partial charge is 0.140 e. The minimum absolute atomic E-state index is 0.357. The summed E-state index contributed by atoms with van der Waals surface area (Å²) in [7, 11) is 1.89. The van der Waals surface area contributed by atoms with Crippen LogP contribution in [0.15, 0.2) is 18.5 Å². The summed E-state index contributed by atoms with van der Waals surface area (Å²) >= 11 is 0. The van der Waals surface area contributed by atoms with E-state index in [4.69, 9.17) is 4.74 Å². The number of aromatic nitrogens is 1. The maximum Gasteiger partial charge on any atom is 0.140 e. The molecule has 3 atom stereocenters. The molecule has 1 aliphatic carbocycles. The van der Waals surface area contributed by atoms with Gasteiger partial charge in [0.25, 0.3) is 0 Å². The van der Waals surface area contributed by atoms with E-state index in [1.807, 2.05) is 13.1 Å². The van der Waals surface area contributed by atoms with Crippen molar-refractivity contribution in [3.8, 4) is 5.75 Å². The van der Waals surface area contributed by atoms with Gasteiger partial charge in [0.2, 0.25) is 0 Å². The topological polar surface area (TPSA) is 34.2 Å². The number of anilines is 1. The van der Waals surface area contributed by atoms with Crippen molar-refractivity contribution >= 4 is 5.69 Å². The molecule has 1 heterocycles. The number of nitrogens with zero attached hydrogens (tertiary/aromatic N) is 1. The Bertz CT molecular complexity index is 367. The molecule has 0 saturated heterocycles. The number of hydrogen-bond acceptors (Lipinski definition) is 3. The molecule has 0 aliphatic heterocycles. The van der Waals surface area contributed by atoms with Gasteiger partial charge in [0, 0.05) is 13.1 Å². The largest absolute Gasteiger partial charge is 0.489 e. The van der Waals surface area contributed by atoms with Gasteiger partial charge >= 0.3 is 0 Å². The summed E-state index contributed by atoms with van der Waals surface area (Å²) in [6, 6.07) is 2.01. The van der Waals surface area contributed by atoms with Crippen LogP contribution < -0.4 is 10.1 Å². The van der Waals surface area contributed by atoms with E-state index in [0.717, 1.165) is 36.1 Å². The van der Waals surface area contributed by atoms with E-state index in [-0.39, 0.29) is 0 Å². The molecule has 94 valence electrons. The highest BCUT2D eigenvalue weighted by Gasteiger charge is 2.25. The van der Waals surface area contributed by atoms with Crippen LogP contribution >= 0.6 is 0 Å². The van der Waals surface area contributed by atoms with E-state index in [1.54, 1.807) is 12.4 Å². The molecule has 1 aromatic rings. The number of hydrogen-bond donors (Lipinski definition) is 1. The van der Waals surface area contributed by atoms with Crippen molar-refractivity contribution in [2.45, 2.75) is 39.2 Å². The second-order valence-electron chi connectivity index (χ2n) is 5.17. The van der Waals surface area contributed by atoms with E-state index < -0.39 is 0 Å². The first-order chi connectivity index (χ1) is 8.19. The third-order valence-electron chi connectivity index (χ3n) is 3.85. The first kappa shape index (κ1) is 12.2. The fourth-order valence-corrected chi connectivity index (χ4v) is 2.42. The minimum Gasteiger partial charge on any atom is -0.489 e. The average molecular weight is 234 g/mol. The van der Waals surface area contributed by atoms with Crippen LogP contribution in [-0.2, 0) is 0 Å². The van der Waals surface area contributed by atoms with E-state index in [1.165, 1.54) is 6.42 Å². The molecule has 3 nitrogen and oxygen atoms in total. The third kappa shape index (κ3) is 3.11. The van der Waals surface area contributed by atoms with Gasteiger partial charge in [0.05, 0.1) is 24.2 Å². The van der Waals surface area contributed by atoms with E-state index in [9.17, 15) is 0 Å². The Morgan fingerprint density at radius 1 is 1.24 bits per heavy atom. The van der Waals surface area contributed by atoms with Crippen molar-refractivity contribution < 1.29 is 4.74 Å². The van der Waals surface area contributed by atoms with Crippen molar-refractivity contribution in [1.82, 2.24) is 4.98 Å². The molecule has 1 N–H and O–H groups in total. The lowest BCUT2D eigenvalue weighted by molar-refractivity contribution is 0.100. The zero-order chi connectivity index (χ0) is 12.3. The molecule has 1 fully saturated rings. The highest BCUT2D eigenvalue weighted by molar-refractivity contribution is 5.44. The standard InChI is InChI=1S/C14H22N2O/c1-10-4-5-13(6-11(10)2)17-14-7-12(15-3)8-16-9-14/h7-11,13,15H,4-6H2,1-3H3. The van der Waals surface area contributed by atoms with Crippen LogP contribution in [0.1, 0.15) is 33.1 Å². The number of rotatable bonds is 3. The Balaban J connectivity index is 1.96. The van der Waals surface area contributed by atoms with Crippen LogP contribution in [0.3, 0.4) is 0 Å². The van der Waals surface area contributed by atoms with Gasteiger partial charge in [0.1, 0.15) is 5.75 Å². The van der Waals surface area contributed by atoms with Crippen molar-refractivity contribution in [2.24, 2.45) is 11.8 Å². The van der Waals surface area contributed by atoms with Gasteiger partial charge < -0.3 is 10.1 Å². The molecule has 3 heteroatoms. The normalized spacial score (nSPS) is 28.8. The number of ether oxygens (including phenoxy) is 1. The molecule has 0 amide bonds. The summed E-state index contributed by atoms with van der Waals surface area (Å²) in [6.07, 6.45) is 7.54. The Hall–Kier alpha value is -1.25. The zero-order valence-corrected chi connectivity index (χ0v) is 10.9. The van der Waals surface area contributed by atoms with Gasteiger partial charge in [-0.15, -0.1) is 0 Å². The summed E-state index contributed by atoms with van der Waals surface area (Å²) in [5.41, 5.74) is 1.000. The lowest BCUT2D eigenvalue weighted by atomic mass is 9.80. The Morgan fingerprint density at radius 2 is 2.06 bits per heavy atom. The maximum absolute atomic E-state index is 6.01. The summed E-state index contributed by atoms with van der Waals surface area (Å²) in [5, 5.41) is 3.08. The van der Waals surface area contributed by atoms with E-state index >= 15 is 0 Å². The predicted molar refractivity (Wildman–Crippen MR) is 70.4 cm³/mol. The van der Waals surface area contributed by atoms with Crippen molar-refractivity contribution in [3.05, 3.63) is 18.5 Å². The zero-order valence-electron chi connectivity index (χ0n) is 10.9. The van der Waals surface area contributed by atoms with Crippen LogP contribution in [0.2, 0.25) is 0 Å². The van der Waals surface area contributed by atoms with Crippen molar-refractivity contribution in [3.63, 3.8) is 0 Å². The summed E-state index contributed by atoms with van der Waals surface area (Å²) in [4.78, 5) is 4.17. The highest BCUT2D eigenvalue weighted by Crippen LogP contribution is 2.31. The lowest BCUT2D eigenvalue weighted by Gasteiger charge is -2.32. The third-order valence-corrected chi connectivity index (χ3v) is 3.85. The monoisotopic (exact) mass is 234 g/mol. The Labute approximate surface area is 104 Å². The Morgan fingerprint density at radius 3 is 2.76 bits per heavy atom. The molecule has 2 rings (SSSR count). The number of nitrogens with one attached hydrogen (secondary N) is 1. The van der Waals surface area contributed by atoms with Crippen LogP contribution in [0, 0.1) is 11.8 Å². The molecule has 0 spiro atoms. The molecular formula is C14H22N2O. The molecule has 17 heavy (non-hydrogen) atoms. The van der Waals surface area contributed by atoms with Gasteiger partial charge in [-0.2, -0.15) is 0 Å². The first-order valence-electron chi connectivity index (χ1n) is 6.48. The molecule has 3 unspecified atom stereocenters. The molecule has 1 saturated carbocycles. The predicted octanol–water partition coefficient (Wildman–Crippen LogP) is 3.33. The molecular weight excluding hydrogens is 212 g/mol. The minimum atomic E-state index is 0.357. The van der Waals surface area contributed by atoms with Crippen molar-refractivity contribution in [2.75, 3.05) is 12.4 Å². The van der Waals surface area contributed by atoms with Gasteiger partial charge in [-0.25, -0.2) is 0 Å². The van der Waals surface area contributed by atoms with Gasteiger partial charge in [-0.05, 0) is 31.1 Å². The van der Waals surface area contributed by atoms with Gasteiger partial charge in [-0.1, -0.05) is 13.8 Å². The van der Waals surface area contributed by atoms with Crippen LogP contribution in [-0.4, -0.2) is 18.1 Å². The van der Waals surface area contributed by atoms with Crippen LogP contribution in [0.4, 0.5) is 5.69 Å². The second-order valence-corrected chi connectivity index (χ2v) is 5.17.